The average molecular weight is 292 g/mol. The lowest BCUT2D eigenvalue weighted by Crippen LogP contribution is -2.28. The number of carbonyl (C=O) groups is 1. The van der Waals surface area contributed by atoms with E-state index in [1.807, 2.05) is 19.0 Å². The van der Waals surface area contributed by atoms with Crippen molar-refractivity contribution in [3.05, 3.63) is 35.5 Å². The number of hydrogen-bond donors (Lipinski definition) is 2. The van der Waals surface area contributed by atoms with Crippen molar-refractivity contribution in [1.82, 2.24) is 15.2 Å². The van der Waals surface area contributed by atoms with Crippen molar-refractivity contribution >= 4 is 17.0 Å². The number of ether oxygens (including phenoxy) is 1. The second-order valence-corrected chi connectivity index (χ2v) is 5.31. The first-order valence-corrected chi connectivity index (χ1v) is 6.82. The summed E-state index contributed by atoms with van der Waals surface area (Å²) in [6.45, 7) is 0.259. The molecule has 0 spiro atoms. The molecule has 1 fully saturated rings. The van der Waals surface area contributed by atoms with Gasteiger partial charge in [0.25, 0.3) is 0 Å². The Morgan fingerprint density at radius 1 is 1.57 bits per heavy atom. The quantitative estimate of drug-likeness (QED) is 0.885. The summed E-state index contributed by atoms with van der Waals surface area (Å²) in [5.74, 6) is 0. The van der Waals surface area contributed by atoms with Crippen LogP contribution in [0.1, 0.15) is 15.2 Å². The third kappa shape index (κ3) is 3.19. The number of benzene rings is 1. The number of nitrogens with zero attached hydrogens (tertiary/aromatic N) is 1. The summed E-state index contributed by atoms with van der Waals surface area (Å²) in [5.41, 5.74) is 1.72. The van der Waals surface area contributed by atoms with E-state index in [0.29, 0.717) is 11.9 Å². The van der Waals surface area contributed by atoms with E-state index in [1.165, 1.54) is 11.0 Å². The van der Waals surface area contributed by atoms with E-state index >= 15 is 0 Å². The van der Waals surface area contributed by atoms with Crippen molar-refractivity contribution in [2.45, 2.75) is 18.8 Å². The van der Waals surface area contributed by atoms with E-state index in [0.717, 1.165) is 17.5 Å². The average Bonchev–Trinajstić information content (AvgIpc) is 3.05. The molecule has 2 N–H and O–H groups in total. The van der Waals surface area contributed by atoms with Crippen LogP contribution in [0.15, 0.2) is 24.4 Å². The minimum absolute atomic E-state index is 0.174. The Bertz CT molecular complexity index is 854. The van der Waals surface area contributed by atoms with Crippen molar-refractivity contribution in [1.29, 1.82) is 0 Å². The highest BCUT2D eigenvalue weighted by atomic mass is 16.6. The summed E-state index contributed by atoms with van der Waals surface area (Å²) in [6.07, 6.45) is -0.963. The van der Waals surface area contributed by atoms with Crippen LogP contribution in [0.3, 0.4) is 0 Å². The zero-order valence-corrected chi connectivity index (χ0v) is 12.1. The monoisotopic (exact) mass is 292 g/mol. The molecule has 1 aromatic heterocycles. The number of H-pyrrole nitrogens is 1. The number of amides is 1. The van der Waals surface area contributed by atoms with Gasteiger partial charge in [0, 0.05) is 26.4 Å². The molecule has 0 aliphatic carbocycles. The highest BCUT2D eigenvalue weighted by Crippen LogP contribution is 2.21. The fourth-order valence-corrected chi connectivity index (χ4v) is 2.28. The van der Waals surface area contributed by atoms with E-state index in [1.54, 1.807) is 18.3 Å². The number of aromatic amines is 1. The number of carbonyl (C=O) groups excluding carboxylic acids is 1. The summed E-state index contributed by atoms with van der Waals surface area (Å²) in [7, 11) is 3.90. The van der Waals surface area contributed by atoms with Crippen molar-refractivity contribution in [3.8, 4) is 0 Å². The second kappa shape index (κ2) is 5.77. The number of fused-ring (bicyclic) bond motifs is 1. The van der Waals surface area contributed by atoms with Gasteiger partial charge in [0.2, 0.25) is 0 Å². The number of aromatic nitrogens is 1. The Balaban J connectivity index is 2.05. The molecule has 0 radical (unpaired) electrons. The Kier molecular flexibility index (Phi) is 2.50. The van der Waals surface area contributed by atoms with E-state index in [4.69, 9.17) is 11.7 Å². The van der Waals surface area contributed by atoms with Crippen LogP contribution in [0.5, 0.6) is 0 Å². The SMILES string of the molecule is [2H]N1C(=O)OC[C@]1([2H])C([2H])([2H])c1ccc2c(c1)c(CCN(C)C)cn2[2H]. The number of cyclic esters (lactones) is 1. The van der Waals surface area contributed by atoms with Gasteiger partial charge in [-0.1, -0.05) is 6.07 Å². The van der Waals surface area contributed by atoms with Crippen LogP contribution >= 0.6 is 0 Å². The number of hydrogen-bond acceptors (Lipinski definition) is 3. The van der Waals surface area contributed by atoms with Crippen molar-refractivity contribution in [2.24, 2.45) is 0 Å². The van der Waals surface area contributed by atoms with Gasteiger partial charge < -0.3 is 19.9 Å². The van der Waals surface area contributed by atoms with Crippen LogP contribution in [0.25, 0.3) is 10.9 Å². The maximum Gasteiger partial charge on any atom is 0.407 e. The first-order chi connectivity index (χ1) is 12.1. The molecule has 0 saturated carbocycles. The molecule has 0 bridgehead atoms. The molecule has 2 heterocycles. The van der Waals surface area contributed by atoms with Gasteiger partial charge >= 0.3 is 6.09 Å². The highest BCUT2D eigenvalue weighted by Gasteiger charge is 2.22. The van der Waals surface area contributed by atoms with Gasteiger partial charge in [-0.3, -0.25) is 0 Å². The Hall–Kier alpha value is -2.01. The normalized spacial score (nSPS) is 26.3. The van der Waals surface area contributed by atoms with Gasteiger partial charge in [-0.2, -0.15) is 0 Å². The van der Waals surface area contributed by atoms with Gasteiger partial charge in [-0.05, 0) is 50.1 Å². The summed E-state index contributed by atoms with van der Waals surface area (Å²) in [6, 6.07) is 2.56. The lowest BCUT2D eigenvalue weighted by molar-refractivity contribution is 0.177. The molecule has 21 heavy (non-hydrogen) atoms. The van der Waals surface area contributed by atoms with Crippen LogP contribution in [-0.2, 0) is 17.5 Å². The summed E-state index contributed by atoms with van der Waals surface area (Å²) < 4.78 is 45.6. The smallest absolute Gasteiger partial charge is 0.407 e. The predicted octanol–water partition coefficient (Wildman–Crippen LogP) is 1.92. The number of rotatable bonds is 5. The van der Waals surface area contributed by atoms with Crippen LogP contribution < -0.4 is 5.31 Å². The third-order valence-corrected chi connectivity index (χ3v) is 3.38. The number of likely N-dealkylation sites (N-methyl/N-ethyl adjacent to an activating group) is 1. The maximum absolute atomic E-state index is 11.5. The minimum atomic E-state index is -2.32. The highest BCUT2D eigenvalue weighted by molar-refractivity contribution is 5.84. The molecule has 1 aliphatic heterocycles. The maximum atomic E-state index is 11.5. The summed E-state index contributed by atoms with van der Waals surface area (Å²) in [4.78, 5) is 14.8. The minimum Gasteiger partial charge on any atom is -0.447 e. The van der Waals surface area contributed by atoms with Crippen molar-refractivity contribution in [2.75, 3.05) is 27.2 Å². The molecule has 1 amide bonds. The Morgan fingerprint density at radius 2 is 2.43 bits per heavy atom. The first kappa shape index (κ1) is 9.10. The lowest BCUT2D eigenvalue weighted by Gasteiger charge is -2.09. The van der Waals surface area contributed by atoms with Crippen LogP contribution in [0, 0.1) is 0 Å². The molecule has 5 nitrogen and oxygen atoms in total. The van der Waals surface area contributed by atoms with Gasteiger partial charge in [0.15, 0.2) is 2.82 Å². The number of alkyl carbamates (subject to hydrolysis) is 1. The van der Waals surface area contributed by atoms with Gasteiger partial charge in [-0.15, -0.1) is 0 Å². The van der Waals surface area contributed by atoms with E-state index in [-0.39, 0.29) is 10.9 Å². The first-order valence-electron chi connectivity index (χ1n) is 9.21. The molecular weight excluding hydrogens is 266 g/mol. The predicted molar refractivity (Wildman–Crippen MR) is 82.5 cm³/mol. The Morgan fingerprint density at radius 3 is 3.14 bits per heavy atom. The largest absolute Gasteiger partial charge is 0.447 e. The van der Waals surface area contributed by atoms with Crippen molar-refractivity contribution < 1.29 is 16.5 Å². The molecule has 112 valence electrons. The van der Waals surface area contributed by atoms with Gasteiger partial charge in [-0.25, -0.2) is 4.79 Å². The molecule has 2 aromatic rings. The summed E-state index contributed by atoms with van der Waals surface area (Å²) >= 11 is 0. The fourth-order valence-electron chi connectivity index (χ4n) is 2.28. The van der Waals surface area contributed by atoms with Crippen LogP contribution in [0.4, 0.5) is 4.79 Å². The standard InChI is InChI=1S/C16H21N3O2/c1-19(2)6-5-12-9-17-15-4-3-11(8-14(12)15)7-13-10-21-16(20)18-13/h3-4,8-9,13,17H,5-7,10H2,1-2H3,(H,18,20)/t13-/m0/s1/i7D2,13D/hD2. The van der Waals surface area contributed by atoms with Crippen LogP contribution in [0.2, 0.25) is 2.82 Å². The van der Waals surface area contributed by atoms with E-state index in [9.17, 15) is 4.79 Å². The van der Waals surface area contributed by atoms with Gasteiger partial charge in [0.1, 0.15) is 6.61 Å². The molecular formula is C16H21N3O2. The zero-order chi connectivity index (χ0) is 19.3. The second-order valence-electron chi connectivity index (χ2n) is 5.31. The zero-order valence-electron chi connectivity index (χ0n) is 17.1. The van der Waals surface area contributed by atoms with Crippen LogP contribution in [-0.4, -0.2) is 49.2 Å². The molecule has 1 atom stereocenters. The summed E-state index contributed by atoms with van der Waals surface area (Å²) in [5, 5.41) is 0.980. The van der Waals surface area contributed by atoms with E-state index < -0.39 is 25.1 Å². The topological polar surface area (TPSA) is 57.4 Å². The molecule has 1 saturated heterocycles. The van der Waals surface area contributed by atoms with Gasteiger partial charge in [0.05, 0.1) is 7.39 Å². The lowest BCUT2D eigenvalue weighted by atomic mass is 10.0. The third-order valence-electron chi connectivity index (χ3n) is 3.38. The molecule has 3 rings (SSSR count). The molecule has 5 heteroatoms. The Labute approximate surface area is 131 Å². The molecule has 0 unspecified atom stereocenters. The molecule has 1 aliphatic rings. The number of nitrogens with one attached hydrogen (secondary N) is 2. The fraction of sp³-hybridized carbons (Fsp3) is 0.438. The molecule has 1 aromatic carbocycles. The van der Waals surface area contributed by atoms with Crippen molar-refractivity contribution in [3.63, 3.8) is 0 Å². The van der Waals surface area contributed by atoms with E-state index in [2.05, 4.69) is 0 Å².